The summed E-state index contributed by atoms with van der Waals surface area (Å²) in [6.45, 7) is 8.95. The van der Waals surface area contributed by atoms with E-state index in [0.29, 0.717) is 18.9 Å². The van der Waals surface area contributed by atoms with Crippen LogP contribution >= 0.6 is 0 Å². The van der Waals surface area contributed by atoms with Gasteiger partial charge in [-0.25, -0.2) is 0 Å². The molecule has 0 radical (unpaired) electrons. The number of nitrogens with zero attached hydrogens (tertiary/aromatic N) is 5. The second kappa shape index (κ2) is 6.24. The van der Waals surface area contributed by atoms with Gasteiger partial charge in [-0.15, -0.1) is 10.2 Å². The van der Waals surface area contributed by atoms with Crippen LogP contribution in [0.2, 0.25) is 0 Å². The van der Waals surface area contributed by atoms with Crippen molar-refractivity contribution in [1.82, 2.24) is 24.6 Å². The molecule has 7 heteroatoms. The average molecular weight is 293 g/mol. The van der Waals surface area contributed by atoms with E-state index in [1.165, 1.54) is 0 Å². The van der Waals surface area contributed by atoms with E-state index in [-0.39, 0.29) is 24.4 Å². The number of piperazine rings is 1. The molecule has 1 aliphatic rings. The number of aromatic nitrogens is 3. The zero-order chi connectivity index (χ0) is 15.6. The van der Waals surface area contributed by atoms with Gasteiger partial charge in [0.15, 0.2) is 5.82 Å². The quantitative estimate of drug-likeness (QED) is 0.806. The number of carbonyl (C=O) groups is 2. The van der Waals surface area contributed by atoms with E-state index in [0.717, 1.165) is 6.42 Å². The first-order valence-corrected chi connectivity index (χ1v) is 7.42. The molecule has 1 aromatic heterocycles. The summed E-state index contributed by atoms with van der Waals surface area (Å²) in [6, 6.07) is -0.229. The molecule has 0 saturated carbocycles. The Hall–Kier alpha value is -1.92. The first-order chi connectivity index (χ1) is 9.95. The third-order valence-corrected chi connectivity index (χ3v) is 3.79. The van der Waals surface area contributed by atoms with Crippen molar-refractivity contribution in [3.05, 3.63) is 12.2 Å². The number of carbonyl (C=O) groups excluding carboxylic acids is 2. The Kier molecular flexibility index (Phi) is 4.59. The van der Waals surface area contributed by atoms with Crippen LogP contribution in [0.1, 0.15) is 46.0 Å². The van der Waals surface area contributed by atoms with E-state index in [1.54, 1.807) is 23.1 Å². The molecular weight excluding hydrogens is 270 g/mol. The van der Waals surface area contributed by atoms with Crippen molar-refractivity contribution in [2.45, 2.75) is 52.7 Å². The molecule has 1 aromatic rings. The molecule has 7 nitrogen and oxygen atoms in total. The summed E-state index contributed by atoms with van der Waals surface area (Å²) in [4.78, 5) is 27.9. The smallest absolute Gasteiger partial charge is 0.245 e. The lowest BCUT2D eigenvalue weighted by Gasteiger charge is -2.38. The summed E-state index contributed by atoms with van der Waals surface area (Å²) >= 11 is 0. The van der Waals surface area contributed by atoms with Gasteiger partial charge in [-0.05, 0) is 27.2 Å². The van der Waals surface area contributed by atoms with E-state index in [2.05, 4.69) is 10.2 Å². The topological polar surface area (TPSA) is 71.3 Å². The third-order valence-electron chi connectivity index (χ3n) is 3.79. The maximum absolute atomic E-state index is 12.3. The van der Waals surface area contributed by atoms with Crippen LogP contribution in [0.25, 0.3) is 0 Å². The molecule has 116 valence electrons. The zero-order valence-electron chi connectivity index (χ0n) is 13.1. The Morgan fingerprint density at radius 3 is 2.71 bits per heavy atom. The first-order valence-electron chi connectivity index (χ1n) is 7.42. The van der Waals surface area contributed by atoms with Gasteiger partial charge in [0.25, 0.3) is 0 Å². The molecule has 1 fully saturated rings. The van der Waals surface area contributed by atoms with Gasteiger partial charge in [0.2, 0.25) is 11.8 Å². The predicted molar refractivity (Wildman–Crippen MR) is 77.3 cm³/mol. The zero-order valence-corrected chi connectivity index (χ0v) is 13.1. The highest BCUT2D eigenvalue weighted by molar-refractivity contribution is 5.94. The Labute approximate surface area is 124 Å². The van der Waals surface area contributed by atoms with E-state index >= 15 is 0 Å². The molecule has 0 bridgehead atoms. The van der Waals surface area contributed by atoms with Crippen LogP contribution in [0.3, 0.4) is 0 Å². The lowest BCUT2D eigenvalue weighted by Crippen LogP contribution is -2.58. The average Bonchev–Trinajstić information content (AvgIpc) is 2.89. The monoisotopic (exact) mass is 293 g/mol. The Morgan fingerprint density at radius 2 is 2.10 bits per heavy atom. The number of hydrogen-bond acceptors (Lipinski definition) is 4. The molecule has 0 spiro atoms. The van der Waals surface area contributed by atoms with Crippen molar-refractivity contribution in [3.63, 3.8) is 0 Å². The van der Waals surface area contributed by atoms with Crippen molar-refractivity contribution in [1.29, 1.82) is 0 Å². The molecule has 21 heavy (non-hydrogen) atoms. The van der Waals surface area contributed by atoms with Crippen molar-refractivity contribution in [3.8, 4) is 0 Å². The van der Waals surface area contributed by atoms with Crippen molar-refractivity contribution in [2.24, 2.45) is 0 Å². The normalized spacial score (nSPS) is 19.8. The molecular formula is C14H23N5O2. The summed E-state index contributed by atoms with van der Waals surface area (Å²) in [6.07, 6.45) is 2.51. The molecule has 1 atom stereocenters. The van der Waals surface area contributed by atoms with Crippen molar-refractivity contribution >= 4 is 11.8 Å². The van der Waals surface area contributed by atoms with Gasteiger partial charge >= 0.3 is 0 Å². The second-order valence-electron chi connectivity index (χ2n) is 5.71. The molecule has 2 amide bonds. The number of amides is 2. The lowest BCUT2D eigenvalue weighted by molar-refractivity contribution is -0.155. The van der Waals surface area contributed by atoms with Crippen LogP contribution in [0.4, 0.5) is 0 Å². The largest absolute Gasteiger partial charge is 0.332 e. The highest BCUT2D eigenvalue weighted by atomic mass is 16.2. The highest BCUT2D eigenvalue weighted by Crippen LogP contribution is 2.17. The lowest BCUT2D eigenvalue weighted by atomic mass is 10.1. The van der Waals surface area contributed by atoms with E-state index < -0.39 is 6.04 Å². The summed E-state index contributed by atoms with van der Waals surface area (Å²) in [5.41, 5.74) is 0. The standard InChI is InChI=1S/C14H23N5O2/c1-5-6-17-8-13(20)18(11(4)14(17)21)7-12-16-15-9-19(12)10(2)3/h9-11H,5-8H2,1-4H3/t11-/m0/s1. The Morgan fingerprint density at radius 1 is 1.38 bits per heavy atom. The maximum Gasteiger partial charge on any atom is 0.245 e. The third kappa shape index (κ3) is 3.06. The van der Waals surface area contributed by atoms with E-state index in [4.69, 9.17) is 0 Å². The fourth-order valence-corrected chi connectivity index (χ4v) is 2.59. The van der Waals surface area contributed by atoms with Crippen LogP contribution < -0.4 is 0 Å². The Balaban J connectivity index is 2.15. The van der Waals surface area contributed by atoms with Gasteiger partial charge in [0.05, 0.1) is 13.1 Å². The molecule has 0 aromatic carbocycles. The van der Waals surface area contributed by atoms with Gasteiger partial charge in [0.1, 0.15) is 12.4 Å². The van der Waals surface area contributed by atoms with Crippen LogP contribution in [0.15, 0.2) is 6.33 Å². The summed E-state index contributed by atoms with van der Waals surface area (Å²) in [7, 11) is 0. The minimum Gasteiger partial charge on any atom is -0.332 e. The maximum atomic E-state index is 12.3. The fraction of sp³-hybridized carbons (Fsp3) is 0.714. The summed E-state index contributed by atoms with van der Waals surface area (Å²) < 4.78 is 1.92. The minimum absolute atomic E-state index is 0.00654. The van der Waals surface area contributed by atoms with E-state index in [1.807, 2.05) is 25.3 Å². The van der Waals surface area contributed by atoms with Gasteiger partial charge in [-0.3, -0.25) is 9.59 Å². The molecule has 1 aliphatic heterocycles. The van der Waals surface area contributed by atoms with Gasteiger partial charge in [-0.1, -0.05) is 6.92 Å². The molecule has 2 rings (SSSR count). The highest BCUT2D eigenvalue weighted by Gasteiger charge is 2.36. The van der Waals surface area contributed by atoms with Crippen LogP contribution in [0.5, 0.6) is 0 Å². The van der Waals surface area contributed by atoms with Crippen LogP contribution in [-0.2, 0) is 16.1 Å². The van der Waals surface area contributed by atoms with Crippen LogP contribution in [-0.4, -0.2) is 55.5 Å². The van der Waals surface area contributed by atoms with Crippen molar-refractivity contribution in [2.75, 3.05) is 13.1 Å². The van der Waals surface area contributed by atoms with Gasteiger partial charge in [0, 0.05) is 12.6 Å². The summed E-state index contributed by atoms with van der Waals surface area (Å²) in [5.74, 6) is 0.683. The number of hydrogen-bond donors (Lipinski definition) is 0. The summed E-state index contributed by atoms with van der Waals surface area (Å²) in [5, 5.41) is 7.98. The molecule has 2 heterocycles. The first kappa shape index (κ1) is 15.5. The predicted octanol–water partition coefficient (Wildman–Crippen LogP) is 0.828. The van der Waals surface area contributed by atoms with E-state index in [9.17, 15) is 9.59 Å². The SMILES string of the molecule is CCCN1CC(=O)N(Cc2nncn2C(C)C)[C@@H](C)C1=O. The molecule has 1 saturated heterocycles. The number of rotatable bonds is 5. The molecule has 0 N–H and O–H groups in total. The molecule has 0 unspecified atom stereocenters. The minimum atomic E-state index is -0.449. The van der Waals surface area contributed by atoms with Crippen molar-refractivity contribution < 1.29 is 9.59 Å². The van der Waals surface area contributed by atoms with Gasteiger partial charge < -0.3 is 14.4 Å². The van der Waals surface area contributed by atoms with Gasteiger partial charge in [-0.2, -0.15) is 0 Å². The second-order valence-corrected chi connectivity index (χ2v) is 5.71. The fourth-order valence-electron chi connectivity index (χ4n) is 2.59. The Bertz CT molecular complexity index is 525. The molecule has 0 aliphatic carbocycles. The van der Waals surface area contributed by atoms with Crippen LogP contribution in [0, 0.1) is 0 Å².